The molecule has 2 saturated heterocycles. The van der Waals surface area contributed by atoms with E-state index in [1.165, 1.54) is 49.0 Å². The molecule has 4 heteroatoms. The number of piperidine rings is 1. The first-order chi connectivity index (χ1) is 15.2. The second-order valence-electron chi connectivity index (χ2n) is 10.2. The first-order valence-corrected chi connectivity index (χ1v) is 12.1. The summed E-state index contributed by atoms with van der Waals surface area (Å²) in [6.45, 7) is 4.18. The van der Waals surface area contributed by atoms with Crippen molar-refractivity contribution in [3.63, 3.8) is 0 Å². The molecular formula is C27H34N2O2. The van der Waals surface area contributed by atoms with Crippen molar-refractivity contribution >= 4 is 0 Å². The predicted molar refractivity (Wildman–Crippen MR) is 123 cm³/mol. The lowest BCUT2D eigenvalue weighted by Crippen LogP contribution is -2.68. The standard InChI is InChI=1S/C27H34N2O2/c1-30-23-10-9-21-13-25-26-27(24(21)14-23,11-12-29(25)17-20-7-8-20)15-22(18-31-26)28-16-19-5-3-2-4-6-19/h2-6,9-10,14,20,22,25-26,28H,7-8,11-13,15-18H2,1H3/t22?,25-,26?,27-/m1/s1. The number of hydrogen-bond acceptors (Lipinski definition) is 4. The summed E-state index contributed by atoms with van der Waals surface area (Å²) in [7, 11) is 1.78. The van der Waals surface area contributed by atoms with Crippen LogP contribution in [0.4, 0.5) is 0 Å². The molecule has 4 nitrogen and oxygen atoms in total. The van der Waals surface area contributed by atoms with Gasteiger partial charge in [-0.1, -0.05) is 36.4 Å². The molecule has 2 unspecified atom stereocenters. The molecule has 2 heterocycles. The number of nitrogens with zero attached hydrogens (tertiary/aromatic N) is 1. The van der Waals surface area contributed by atoms with Gasteiger partial charge >= 0.3 is 0 Å². The largest absolute Gasteiger partial charge is 0.497 e. The fourth-order valence-corrected chi connectivity index (χ4v) is 6.45. The van der Waals surface area contributed by atoms with Crippen LogP contribution in [0.2, 0.25) is 0 Å². The molecule has 6 rings (SSSR count). The average Bonchev–Trinajstić information content (AvgIpc) is 3.64. The van der Waals surface area contributed by atoms with Crippen molar-refractivity contribution in [2.75, 3.05) is 26.8 Å². The highest BCUT2D eigenvalue weighted by atomic mass is 16.5. The Hall–Kier alpha value is -1.88. The number of hydrogen-bond donors (Lipinski definition) is 1. The quantitative estimate of drug-likeness (QED) is 0.771. The van der Waals surface area contributed by atoms with Crippen LogP contribution >= 0.6 is 0 Å². The van der Waals surface area contributed by atoms with Crippen molar-refractivity contribution in [1.82, 2.24) is 10.2 Å². The highest BCUT2D eigenvalue weighted by Gasteiger charge is 2.57. The summed E-state index contributed by atoms with van der Waals surface area (Å²) >= 11 is 0. The van der Waals surface area contributed by atoms with Crippen molar-refractivity contribution in [1.29, 1.82) is 0 Å². The van der Waals surface area contributed by atoms with Crippen LogP contribution in [0.15, 0.2) is 48.5 Å². The average molecular weight is 419 g/mol. The SMILES string of the molecule is COc1ccc2c(c1)[C@]13CCN(CC4CC4)[C@H](C2)C1OCC(NCc1ccccc1)C3. The molecule has 0 radical (unpaired) electrons. The van der Waals surface area contributed by atoms with E-state index in [0.717, 1.165) is 37.7 Å². The first-order valence-electron chi connectivity index (χ1n) is 12.1. The second-order valence-corrected chi connectivity index (χ2v) is 10.2. The first kappa shape index (κ1) is 19.8. The lowest BCUT2D eigenvalue weighted by molar-refractivity contribution is -0.138. The molecular weight excluding hydrogens is 384 g/mol. The van der Waals surface area contributed by atoms with E-state index in [1.807, 2.05) is 0 Å². The number of rotatable bonds is 6. The van der Waals surface area contributed by atoms with E-state index >= 15 is 0 Å². The summed E-state index contributed by atoms with van der Waals surface area (Å²) in [5.74, 6) is 1.90. The zero-order valence-corrected chi connectivity index (χ0v) is 18.6. The van der Waals surface area contributed by atoms with Crippen LogP contribution in [0.1, 0.15) is 42.4 Å². The smallest absolute Gasteiger partial charge is 0.119 e. The van der Waals surface area contributed by atoms with Crippen molar-refractivity contribution < 1.29 is 9.47 Å². The third kappa shape index (κ3) is 3.59. The molecule has 0 spiro atoms. The van der Waals surface area contributed by atoms with Gasteiger partial charge in [0.25, 0.3) is 0 Å². The molecule has 4 aliphatic rings. The van der Waals surface area contributed by atoms with Crippen LogP contribution in [0, 0.1) is 5.92 Å². The van der Waals surface area contributed by atoms with Gasteiger partial charge in [0.15, 0.2) is 0 Å². The Morgan fingerprint density at radius 1 is 1.16 bits per heavy atom. The maximum Gasteiger partial charge on any atom is 0.119 e. The molecule has 2 aromatic rings. The van der Waals surface area contributed by atoms with Gasteiger partial charge in [0.05, 0.1) is 19.8 Å². The van der Waals surface area contributed by atoms with Gasteiger partial charge in [-0.2, -0.15) is 0 Å². The number of ether oxygens (including phenoxy) is 2. The Kier molecular flexibility index (Phi) is 5.05. The number of nitrogens with one attached hydrogen (secondary N) is 1. The third-order valence-electron chi connectivity index (χ3n) is 8.21. The van der Waals surface area contributed by atoms with Crippen molar-refractivity contribution in [2.24, 2.45) is 5.92 Å². The molecule has 2 bridgehead atoms. The molecule has 0 aromatic heterocycles. The summed E-state index contributed by atoms with van der Waals surface area (Å²) in [6.07, 6.45) is 6.58. The fraction of sp³-hybridized carbons (Fsp3) is 0.556. The van der Waals surface area contributed by atoms with Gasteiger partial charge in [-0.25, -0.2) is 0 Å². The van der Waals surface area contributed by atoms with E-state index in [9.17, 15) is 0 Å². The monoisotopic (exact) mass is 418 g/mol. The maximum atomic E-state index is 6.76. The molecule has 0 amide bonds. The fourth-order valence-electron chi connectivity index (χ4n) is 6.45. The molecule has 2 aromatic carbocycles. The van der Waals surface area contributed by atoms with E-state index in [2.05, 4.69) is 58.7 Å². The summed E-state index contributed by atoms with van der Waals surface area (Å²) in [5, 5.41) is 3.81. The molecule has 3 fully saturated rings. The Balaban J connectivity index is 1.30. The van der Waals surface area contributed by atoms with E-state index in [1.54, 1.807) is 7.11 Å². The molecule has 4 atom stereocenters. The van der Waals surface area contributed by atoms with E-state index in [-0.39, 0.29) is 5.41 Å². The van der Waals surface area contributed by atoms with Crippen LogP contribution in [0.3, 0.4) is 0 Å². The Morgan fingerprint density at radius 2 is 2.03 bits per heavy atom. The zero-order valence-electron chi connectivity index (χ0n) is 18.6. The highest BCUT2D eigenvalue weighted by Crippen LogP contribution is 2.52. The van der Waals surface area contributed by atoms with E-state index in [4.69, 9.17) is 9.47 Å². The van der Waals surface area contributed by atoms with Crippen molar-refractivity contribution in [2.45, 2.75) is 62.3 Å². The Labute approximate surface area is 185 Å². The van der Waals surface area contributed by atoms with Gasteiger partial charge < -0.3 is 14.8 Å². The molecule has 1 saturated carbocycles. The topological polar surface area (TPSA) is 33.7 Å². The Bertz CT molecular complexity index is 928. The number of benzene rings is 2. The summed E-state index contributed by atoms with van der Waals surface area (Å²) < 4.78 is 12.4. The molecule has 31 heavy (non-hydrogen) atoms. The van der Waals surface area contributed by atoms with Crippen LogP contribution in [-0.2, 0) is 23.1 Å². The van der Waals surface area contributed by atoms with Gasteiger partial charge in [-0.3, -0.25) is 4.90 Å². The van der Waals surface area contributed by atoms with Crippen molar-refractivity contribution in [3.05, 3.63) is 65.2 Å². The highest BCUT2D eigenvalue weighted by molar-refractivity contribution is 5.46. The number of fused-ring (bicyclic) bond motifs is 1. The second kappa shape index (κ2) is 7.91. The lowest BCUT2D eigenvalue weighted by Gasteiger charge is -2.59. The predicted octanol–water partition coefficient (Wildman–Crippen LogP) is 3.92. The van der Waals surface area contributed by atoms with Crippen LogP contribution in [0.25, 0.3) is 0 Å². The maximum absolute atomic E-state index is 6.76. The Morgan fingerprint density at radius 3 is 2.84 bits per heavy atom. The van der Waals surface area contributed by atoms with Crippen LogP contribution in [-0.4, -0.2) is 49.9 Å². The van der Waals surface area contributed by atoms with Crippen LogP contribution < -0.4 is 10.1 Å². The molecule has 2 aliphatic carbocycles. The minimum absolute atomic E-state index is 0.0967. The van der Waals surface area contributed by atoms with Gasteiger partial charge in [-0.05, 0) is 73.4 Å². The van der Waals surface area contributed by atoms with Crippen LogP contribution in [0.5, 0.6) is 5.75 Å². The van der Waals surface area contributed by atoms with Gasteiger partial charge in [0, 0.05) is 30.6 Å². The summed E-state index contributed by atoms with van der Waals surface area (Å²) in [6, 6.07) is 18.4. The lowest BCUT2D eigenvalue weighted by atomic mass is 9.58. The number of likely N-dealkylation sites (tertiary alicyclic amines) is 1. The third-order valence-corrected chi connectivity index (χ3v) is 8.21. The minimum Gasteiger partial charge on any atom is -0.497 e. The number of methoxy groups -OCH3 is 1. The minimum atomic E-state index is 0.0967. The normalized spacial score (nSPS) is 32.2. The molecule has 2 aliphatic heterocycles. The molecule has 164 valence electrons. The van der Waals surface area contributed by atoms with Gasteiger partial charge in [0.1, 0.15) is 5.75 Å². The van der Waals surface area contributed by atoms with Crippen molar-refractivity contribution in [3.8, 4) is 5.75 Å². The van der Waals surface area contributed by atoms with Gasteiger partial charge in [0.2, 0.25) is 0 Å². The van der Waals surface area contributed by atoms with E-state index in [0.29, 0.717) is 18.2 Å². The van der Waals surface area contributed by atoms with Gasteiger partial charge in [-0.15, -0.1) is 0 Å². The zero-order chi connectivity index (χ0) is 20.8. The summed E-state index contributed by atoms with van der Waals surface area (Å²) in [5.41, 5.74) is 4.43. The van der Waals surface area contributed by atoms with E-state index < -0.39 is 0 Å². The molecule has 1 N–H and O–H groups in total. The summed E-state index contributed by atoms with van der Waals surface area (Å²) in [4.78, 5) is 2.77.